The minimum Gasteiger partial charge on any atom is -0.328 e. The molecule has 2 N–H and O–H groups in total. The fraction of sp³-hybridized carbons (Fsp3) is 0.538. The third-order valence-electron chi connectivity index (χ3n) is 2.54. The van der Waals surface area contributed by atoms with Crippen LogP contribution in [0, 0.1) is 0 Å². The first kappa shape index (κ1) is 13.7. The average molecular weight is 285 g/mol. The lowest BCUT2D eigenvalue weighted by Crippen LogP contribution is -2.22. The van der Waals surface area contributed by atoms with Gasteiger partial charge in [0.15, 0.2) is 0 Å². The minimum atomic E-state index is 0.319. The Labute approximate surface area is 107 Å². The Hall–Kier alpha value is -0.380. The summed E-state index contributed by atoms with van der Waals surface area (Å²) in [4.78, 5) is 2.34. The highest BCUT2D eigenvalue weighted by Gasteiger charge is 2.01. The number of hydrogen-bond acceptors (Lipinski definition) is 2. The van der Waals surface area contributed by atoms with Crippen LogP contribution in [0.5, 0.6) is 0 Å². The Morgan fingerprint density at radius 2 is 2.19 bits per heavy atom. The molecule has 0 saturated carbocycles. The molecule has 3 heteroatoms. The Kier molecular flexibility index (Phi) is 6.03. The summed E-state index contributed by atoms with van der Waals surface area (Å²) in [6, 6.07) is 8.78. The van der Waals surface area contributed by atoms with E-state index in [4.69, 9.17) is 5.73 Å². The van der Waals surface area contributed by atoms with Crippen LogP contribution in [0.15, 0.2) is 28.7 Å². The van der Waals surface area contributed by atoms with Crippen molar-refractivity contribution in [3.8, 4) is 0 Å². The van der Waals surface area contributed by atoms with E-state index in [0.29, 0.717) is 6.04 Å². The third kappa shape index (κ3) is 5.64. The molecule has 0 bridgehead atoms. The molecular formula is C13H21BrN2. The van der Waals surface area contributed by atoms with Gasteiger partial charge in [0, 0.05) is 17.1 Å². The van der Waals surface area contributed by atoms with Gasteiger partial charge in [-0.05, 0) is 51.1 Å². The lowest BCUT2D eigenvalue weighted by Gasteiger charge is -2.17. The molecule has 2 nitrogen and oxygen atoms in total. The summed E-state index contributed by atoms with van der Waals surface area (Å²) in [6.45, 7) is 4.17. The second kappa shape index (κ2) is 7.05. The van der Waals surface area contributed by atoms with Crippen molar-refractivity contribution in [2.45, 2.75) is 32.4 Å². The van der Waals surface area contributed by atoms with Crippen molar-refractivity contribution in [1.82, 2.24) is 4.90 Å². The molecule has 0 amide bonds. The van der Waals surface area contributed by atoms with E-state index < -0.39 is 0 Å². The summed E-state index contributed by atoms with van der Waals surface area (Å²) in [6.07, 6.45) is 2.27. The third-order valence-corrected chi connectivity index (χ3v) is 3.03. The first-order valence-electron chi connectivity index (χ1n) is 5.76. The standard InChI is InChI=1S/C13H21BrN2/c1-11(15)5-4-8-16(2)10-12-6-3-7-13(14)9-12/h3,6-7,9,11H,4-5,8,10,15H2,1-2H3. The van der Waals surface area contributed by atoms with E-state index in [1.807, 2.05) is 0 Å². The van der Waals surface area contributed by atoms with Gasteiger partial charge in [0.1, 0.15) is 0 Å². The normalized spacial score (nSPS) is 13.1. The van der Waals surface area contributed by atoms with Crippen molar-refractivity contribution in [2.75, 3.05) is 13.6 Å². The second-order valence-electron chi connectivity index (χ2n) is 4.49. The second-order valence-corrected chi connectivity index (χ2v) is 5.40. The van der Waals surface area contributed by atoms with Gasteiger partial charge < -0.3 is 10.6 Å². The summed E-state index contributed by atoms with van der Waals surface area (Å²) in [5, 5.41) is 0. The predicted octanol–water partition coefficient (Wildman–Crippen LogP) is 3.01. The smallest absolute Gasteiger partial charge is 0.0231 e. The summed E-state index contributed by atoms with van der Waals surface area (Å²) in [5.74, 6) is 0. The van der Waals surface area contributed by atoms with Crippen molar-refractivity contribution in [3.05, 3.63) is 34.3 Å². The summed E-state index contributed by atoms with van der Waals surface area (Å²) < 4.78 is 1.15. The van der Waals surface area contributed by atoms with Crippen LogP contribution >= 0.6 is 15.9 Å². The van der Waals surface area contributed by atoms with Crippen LogP contribution in [0.25, 0.3) is 0 Å². The monoisotopic (exact) mass is 284 g/mol. The fourth-order valence-corrected chi connectivity index (χ4v) is 2.16. The lowest BCUT2D eigenvalue weighted by atomic mass is 10.2. The zero-order valence-corrected chi connectivity index (χ0v) is 11.7. The summed E-state index contributed by atoms with van der Waals surface area (Å²) in [5.41, 5.74) is 7.07. The van der Waals surface area contributed by atoms with Gasteiger partial charge in [-0.25, -0.2) is 0 Å². The first-order chi connectivity index (χ1) is 7.58. The number of halogens is 1. The molecule has 0 saturated heterocycles. The van der Waals surface area contributed by atoms with E-state index >= 15 is 0 Å². The molecule has 0 aromatic heterocycles. The molecular weight excluding hydrogens is 264 g/mol. The lowest BCUT2D eigenvalue weighted by molar-refractivity contribution is 0.315. The van der Waals surface area contributed by atoms with Gasteiger partial charge >= 0.3 is 0 Å². The van der Waals surface area contributed by atoms with E-state index in [9.17, 15) is 0 Å². The molecule has 0 spiro atoms. The highest BCUT2D eigenvalue weighted by atomic mass is 79.9. The van der Waals surface area contributed by atoms with Crippen molar-refractivity contribution in [3.63, 3.8) is 0 Å². The highest BCUT2D eigenvalue weighted by molar-refractivity contribution is 9.10. The number of rotatable bonds is 6. The molecule has 0 fully saturated rings. The van der Waals surface area contributed by atoms with Gasteiger partial charge in [-0.3, -0.25) is 0 Å². The van der Waals surface area contributed by atoms with E-state index in [1.165, 1.54) is 12.0 Å². The predicted molar refractivity (Wildman–Crippen MR) is 73.4 cm³/mol. The van der Waals surface area contributed by atoms with E-state index in [2.05, 4.69) is 59.1 Å². The molecule has 16 heavy (non-hydrogen) atoms. The van der Waals surface area contributed by atoms with Crippen LogP contribution in [0.2, 0.25) is 0 Å². The SMILES string of the molecule is CC(N)CCCN(C)Cc1cccc(Br)c1. The minimum absolute atomic E-state index is 0.319. The van der Waals surface area contributed by atoms with Crippen LogP contribution in [0.4, 0.5) is 0 Å². The topological polar surface area (TPSA) is 29.3 Å². The van der Waals surface area contributed by atoms with Crippen LogP contribution in [-0.4, -0.2) is 24.5 Å². The van der Waals surface area contributed by atoms with Gasteiger partial charge in [0.2, 0.25) is 0 Å². The number of nitrogens with two attached hydrogens (primary N) is 1. The maximum Gasteiger partial charge on any atom is 0.0231 e. The van der Waals surface area contributed by atoms with E-state index in [1.54, 1.807) is 0 Å². The summed E-state index contributed by atoms with van der Waals surface area (Å²) in [7, 11) is 2.15. The molecule has 1 aromatic rings. The average Bonchev–Trinajstić information content (AvgIpc) is 2.16. The van der Waals surface area contributed by atoms with Gasteiger partial charge in [-0.1, -0.05) is 28.1 Å². The Morgan fingerprint density at radius 1 is 1.44 bits per heavy atom. The molecule has 90 valence electrons. The summed E-state index contributed by atoms with van der Waals surface area (Å²) >= 11 is 3.49. The van der Waals surface area contributed by atoms with Crippen molar-refractivity contribution >= 4 is 15.9 Å². The molecule has 0 heterocycles. The first-order valence-corrected chi connectivity index (χ1v) is 6.56. The molecule has 1 atom stereocenters. The van der Waals surface area contributed by atoms with Gasteiger partial charge in [-0.15, -0.1) is 0 Å². The Bertz CT molecular complexity index is 313. The van der Waals surface area contributed by atoms with Crippen molar-refractivity contribution in [2.24, 2.45) is 5.73 Å². The van der Waals surface area contributed by atoms with Crippen LogP contribution in [-0.2, 0) is 6.54 Å². The van der Waals surface area contributed by atoms with Crippen LogP contribution in [0.3, 0.4) is 0 Å². The number of nitrogens with zero attached hydrogens (tertiary/aromatic N) is 1. The maximum absolute atomic E-state index is 5.73. The van der Waals surface area contributed by atoms with Crippen molar-refractivity contribution in [1.29, 1.82) is 0 Å². The Morgan fingerprint density at radius 3 is 2.81 bits per heavy atom. The number of benzene rings is 1. The molecule has 0 aliphatic carbocycles. The van der Waals surface area contributed by atoms with Gasteiger partial charge in [-0.2, -0.15) is 0 Å². The zero-order valence-electron chi connectivity index (χ0n) is 10.1. The largest absolute Gasteiger partial charge is 0.328 e. The van der Waals surface area contributed by atoms with Crippen molar-refractivity contribution < 1.29 is 0 Å². The Balaban J connectivity index is 2.31. The molecule has 1 rings (SSSR count). The van der Waals surface area contributed by atoms with E-state index in [0.717, 1.165) is 24.0 Å². The number of hydrogen-bond donors (Lipinski definition) is 1. The highest BCUT2D eigenvalue weighted by Crippen LogP contribution is 2.13. The maximum atomic E-state index is 5.73. The quantitative estimate of drug-likeness (QED) is 0.870. The molecule has 1 unspecified atom stereocenters. The van der Waals surface area contributed by atoms with Gasteiger partial charge in [0.05, 0.1) is 0 Å². The van der Waals surface area contributed by atoms with Crippen LogP contribution < -0.4 is 5.73 Å². The molecule has 0 aliphatic rings. The zero-order chi connectivity index (χ0) is 12.0. The fourth-order valence-electron chi connectivity index (χ4n) is 1.71. The molecule has 1 aromatic carbocycles. The molecule has 0 radical (unpaired) electrons. The van der Waals surface area contributed by atoms with Gasteiger partial charge in [0.25, 0.3) is 0 Å². The molecule has 0 aliphatic heterocycles. The van der Waals surface area contributed by atoms with E-state index in [-0.39, 0.29) is 0 Å². The van der Waals surface area contributed by atoms with Crippen LogP contribution in [0.1, 0.15) is 25.3 Å².